The lowest BCUT2D eigenvalue weighted by Gasteiger charge is -2.24. The molecule has 142 valence electrons. The highest BCUT2D eigenvalue weighted by molar-refractivity contribution is 5.91. The van der Waals surface area contributed by atoms with Crippen LogP contribution in [0.25, 0.3) is 11.3 Å². The van der Waals surface area contributed by atoms with E-state index in [9.17, 15) is 8.78 Å². The molecule has 0 unspecified atom stereocenters. The summed E-state index contributed by atoms with van der Waals surface area (Å²) >= 11 is 0. The quantitative estimate of drug-likeness (QED) is 0.469. The number of aryl methyl sites for hydroxylation is 1. The van der Waals surface area contributed by atoms with Crippen LogP contribution in [0.2, 0.25) is 0 Å². The first kappa shape index (κ1) is 20.6. The second kappa shape index (κ2) is 8.76. The number of halogens is 2. The Kier molecular flexibility index (Phi) is 6.67. The molecule has 2 aromatic rings. The van der Waals surface area contributed by atoms with Crippen molar-refractivity contribution in [3.05, 3.63) is 83.4 Å². The Labute approximate surface area is 160 Å². The molecule has 0 saturated carbocycles. The summed E-state index contributed by atoms with van der Waals surface area (Å²) in [6.07, 6.45) is 0.957. The second-order valence-electron chi connectivity index (χ2n) is 6.58. The maximum absolute atomic E-state index is 14.5. The normalized spacial score (nSPS) is 11.4. The molecule has 2 rings (SSSR count). The summed E-state index contributed by atoms with van der Waals surface area (Å²) in [5.74, 6) is -0.662. The Hall–Kier alpha value is -2.75. The van der Waals surface area contributed by atoms with Gasteiger partial charge in [-0.25, -0.2) is 8.78 Å². The molecule has 4 heteroatoms. The predicted octanol–water partition coefficient (Wildman–Crippen LogP) is 5.73. The van der Waals surface area contributed by atoms with Crippen LogP contribution in [0.5, 0.6) is 0 Å². The van der Waals surface area contributed by atoms with Crippen molar-refractivity contribution >= 4 is 17.1 Å². The molecule has 0 fully saturated rings. The van der Waals surface area contributed by atoms with Crippen molar-refractivity contribution in [3.8, 4) is 0 Å². The minimum Gasteiger partial charge on any atom is -0.333 e. The molecule has 0 aliphatic rings. The molecule has 0 amide bonds. The van der Waals surface area contributed by atoms with Crippen LogP contribution in [-0.2, 0) is 12.8 Å². The van der Waals surface area contributed by atoms with Crippen molar-refractivity contribution in [3.63, 3.8) is 0 Å². The van der Waals surface area contributed by atoms with Gasteiger partial charge in [0.05, 0.1) is 0 Å². The van der Waals surface area contributed by atoms with E-state index in [0.717, 1.165) is 17.7 Å². The van der Waals surface area contributed by atoms with Crippen LogP contribution in [0.1, 0.15) is 36.1 Å². The zero-order chi connectivity index (χ0) is 20.1. The Balaban J connectivity index is 2.29. The fourth-order valence-electron chi connectivity index (χ4n) is 2.84. The van der Waals surface area contributed by atoms with E-state index in [2.05, 4.69) is 37.2 Å². The molecule has 0 heterocycles. The molecular formula is C23H26F2N2. The molecule has 0 atom stereocenters. The third-order valence-electron chi connectivity index (χ3n) is 4.69. The number of likely N-dealkylation sites (N-methyl/N-ethyl adjacent to an activating group) is 1. The number of amidine groups is 1. The summed E-state index contributed by atoms with van der Waals surface area (Å²) in [5.41, 5.74) is 3.94. The van der Waals surface area contributed by atoms with Gasteiger partial charge in [0.15, 0.2) is 0 Å². The number of benzene rings is 2. The standard InChI is InChI=1S/C23H26F2N2/c1-7-17-9-8-10-18(11-17)16(4)27(6)23(26-5)14-20-21(24)12-19(15(2)3)13-22(20)25/h8-13H,2,4,7,14H2,1,3,5-6H3. The van der Waals surface area contributed by atoms with Gasteiger partial charge in [-0.15, -0.1) is 0 Å². The van der Waals surface area contributed by atoms with Gasteiger partial charge < -0.3 is 4.90 Å². The zero-order valence-corrected chi connectivity index (χ0v) is 16.4. The van der Waals surface area contributed by atoms with Gasteiger partial charge in [-0.1, -0.05) is 43.9 Å². The molecule has 0 N–H and O–H groups in total. The van der Waals surface area contributed by atoms with E-state index in [0.29, 0.717) is 17.0 Å². The van der Waals surface area contributed by atoms with Crippen LogP contribution in [0.15, 0.2) is 54.5 Å². The number of nitrogens with zero attached hydrogens (tertiary/aromatic N) is 2. The van der Waals surface area contributed by atoms with Crippen molar-refractivity contribution in [2.45, 2.75) is 26.7 Å². The largest absolute Gasteiger partial charge is 0.333 e. The Morgan fingerprint density at radius 2 is 1.70 bits per heavy atom. The molecule has 2 aromatic carbocycles. The van der Waals surface area contributed by atoms with E-state index in [-0.39, 0.29) is 12.0 Å². The summed E-state index contributed by atoms with van der Waals surface area (Å²) < 4.78 is 29.0. The molecule has 0 aliphatic carbocycles. The van der Waals surface area contributed by atoms with E-state index in [4.69, 9.17) is 0 Å². The fourth-order valence-corrected chi connectivity index (χ4v) is 2.84. The van der Waals surface area contributed by atoms with Crippen LogP contribution in [0.3, 0.4) is 0 Å². The lowest BCUT2D eigenvalue weighted by molar-refractivity contribution is 0.559. The Morgan fingerprint density at radius 1 is 1.07 bits per heavy atom. The van der Waals surface area contributed by atoms with Crippen molar-refractivity contribution in [1.29, 1.82) is 0 Å². The van der Waals surface area contributed by atoms with Gasteiger partial charge in [0.1, 0.15) is 17.5 Å². The highest BCUT2D eigenvalue weighted by Gasteiger charge is 2.18. The monoisotopic (exact) mass is 368 g/mol. The predicted molar refractivity (Wildman–Crippen MR) is 111 cm³/mol. The third-order valence-corrected chi connectivity index (χ3v) is 4.69. The van der Waals surface area contributed by atoms with Crippen LogP contribution in [-0.4, -0.2) is 24.8 Å². The number of hydrogen-bond donors (Lipinski definition) is 0. The minimum absolute atomic E-state index is 0.0115. The molecule has 0 aliphatic heterocycles. The zero-order valence-electron chi connectivity index (χ0n) is 16.4. The van der Waals surface area contributed by atoms with E-state index < -0.39 is 11.6 Å². The first-order valence-electron chi connectivity index (χ1n) is 8.89. The van der Waals surface area contributed by atoms with Gasteiger partial charge >= 0.3 is 0 Å². The smallest absolute Gasteiger partial charge is 0.130 e. The van der Waals surface area contributed by atoms with Gasteiger partial charge in [0.2, 0.25) is 0 Å². The number of hydrogen-bond acceptors (Lipinski definition) is 1. The first-order chi connectivity index (χ1) is 12.8. The van der Waals surface area contributed by atoms with Gasteiger partial charge in [-0.05, 0) is 48.2 Å². The Bertz CT molecular complexity index is 874. The summed E-state index contributed by atoms with van der Waals surface area (Å²) in [6.45, 7) is 11.7. The van der Waals surface area contributed by atoms with Crippen LogP contribution in [0.4, 0.5) is 8.78 Å². The van der Waals surface area contributed by atoms with Crippen molar-refractivity contribution in [2.75, 3.05) is 14.1 Å². The second-order valence-corrected chi connectivity index (χ2v) is 6.58. The summed E-state index contributed by atoms with van der Waals surface area (Å²) in [5, 5.41) is 0. The molecule has 0 aromatic heterocycles. The van der Waals surface area contributed by atoms with Gasteiger partial charge in [0, 0.05) is 31.8 Å². The first-order valence-corrected chi connectivity index (χ1v) is 8.89. The average Bonchev–Trinajstić information content (AvgIpc) is 2.66. The maximum atomic E-state index is 14.5. The Morgan fingerprint density at radius 3 is 2.22 bits per heavy atom. The SMILES string of the molecule is C=C(C)c1cc(F)c(CC(=NC)N(C)C(=C)c2cccc(CC)c2)c(F)c1. The fraction of sp³-hybridized carbons (Fsp3) is 0.261. The summed E-state index contributed by atoms with van der Waals surface area (Å²) in [7, 11) is 3.42. The molecular weight excluding hydrogens is 342 g/mol. The van der Waals surface area contributed by atoms with Gasteiger partial charge in [0.25, 0.3) is 0 Å². The van der Waals surface area contributed by atoms with Crippen LogP contribution < -0.4 is 0 Å². The van der Waals surface area contributed by atoms with Gasteiger partial charge in [-0.2, -0.15) is 0 Å². The molecule has 0 spiro atoms. The molecule has 2 nitrogen and oxygen atoms in total. The molecule has 27 heavy (non-hydrogen) atoms. The van der Waals surface area contributed by atoms with Crippen molar-refractivity contribution < 1.29 is 8.78 Å². The molecule has 0 saturated heterocycles. The maximum Gasteiger partial charge on any atom is 0.130 e. The number of aliphatic imine (C=N–C) groups is 1. The van der Waals surface area contributed by atoms with Crippen LogP contribution >= 0.6 is 0 Å². The van der Waals surface area contributed by atoms with E-state index >= 15 is 0 Å². The lowest BCUT2D eigenvalue weighted by Crippen LogP contribution is -2.27. The van der Waals surface area contributed by atoms with Crippen molar-refractivity contribution in [2.24, 2.45) is 4.99 Å². The highest BCUT2D eigenvalue weighted by atomic mass is 19.1. The summed E-state index contributed by atoms with van der Waals surface area (Å²) in [6, 6.07) is 10.7. The lowest BCUT2D eigenvalue weighted by atomic mass is 10.0. The van der Waals surface area contributed by atoms with E-state index in [1.807, 2.05) is 12.1 Å². The summed E-state index contributed by atoms with van der Waals surface area (Å²) in [4.78, 5) is 6.02. The molecule has 0 radical (unpaired) electrons. The van der Waals surface area contributed by atoms with E-state index in [1.54, 1.807) is 25.9 Å². The minimum atomic E-state index is -0.596. The average molecular weight is 368 g/mol. The number of allylic oxidation sites excluding steroid dienone is 1. The third kappa shape index (κ3) is 4.70. The topological polar surface area (TPSA) is 15.6 Å². The van der Waals surface area contributed by atoms with Gasteiger partial charge in [-0.3, -0.25) is 4.99 Å². The van der Waals surface area contributed by atoms with Crippen molar-refractivity contribution in [1.82, 2.24) is 4.90 Å². The molecule has 0 bridgehead atoms. The number of rotatable bonds is 6. The highest BCUT2D eigenvalue weighted by Crippen LogP contribution is 2.23. The van der Waals surface area contributed by atoms with E-state index in [1.165, 1.54) is 17.7 Å². The van der Waals surface area contributed by atoms with Crippen LogP contribution in [0, 0.1) is 11.6 Å².